The highest BCUT2D eigenvalue weighted by atomic mass is 35.5. The van der Waals surface area contributed by atoms with Crippen LogP contribution in [0.3, 0.4) is 0 Å². The third-order valence-corrected chi connectivity index (χ3v) is 4.09. The van der Waals surface area contributed by atoms with E-state index in [0.29, 0.717) is 21.8 Å². The van der Waals surface area contributed by atoms with Crippen molar-refractivity contribution in [3.63, 3.8) is 0 Å². The smallest absolute Gasteiger partial charge is 0.238 e. The van der Waals surface area contributed by atoms with Crippen LogP contribution < -0.4 is 5.32 Å². The molecule has 25 heavy (non-hydrogen) atoms. The minimum atomic E-state index is -0.931. The summed E-state index contributed by atoms with van der Waals surface area (Å²) in [4.78, 5) is 13.9. The number of hydrogen-bond acceptors (Lipinski definition) is 3. The molecule has 0 aliphatic carbocycles. The molecule has 2 rings (SSSR count). The van der Waals surface area contributed by atoms with E-state index in [1.54, 1.807) is 24.9 Å². The zero-order valence-electron chi connectivity index (χ0n) is 13.7. The first-order chi connectivity index (χ1) is 11.8. The van der Waals surface area contributed by atoms with Crippen molar-refractivity contribution in [1.29, 1.82) is 5.26 Å². The quantitative estimate of drug-likeness (QED) is 0.869. The summed E-state index contributed by atoms with van der Waals surface area (Å²) in [6, 6.07) is 9.89. The lowest BCUT2D eigenvalue weighted by atomic mass is 10.1. The first kappa shape index (κ1) is 18.8. The normalized spacial score (nSPS) is 11.9. The second-order valence-electron chi connectivity index (χ2n) is 5.61. The van der Waals surface area contributed by atoms with E-state index in [4.69, 9.17) is 16.9 Å². The lowest BCUT2D eigenvalue weighted by Gasteiger charge is -2.24. The van der Waals surface area contributed by atoms with Gasteiger partial charge in [0, 0.05) is 11.1 Å². The van der Waals surface area contributed by atoms with E-state index in [-0.39, 0.29) is 18.5 Å². The zero-order valence-corrected chi connectivity index (χ0v) is 14.4. The SMILES string of the molecule is CC(c1ccc(F)c(F)c1)N(C)CC(=O)Nc1cc(Cl)ccc1C#N. The Balaban J connectivity index is 2.06. The molecule has 1 N–H and O–H groups in total. The predicted molar refractivity (Wildman–Crippen MR) is 92.2 cm³/mol. The van der Waals surface area contributed by atoms with Crippen LogP contribution in [0.2, 0.25) is 5.02 Å². The van der Waals surface area contributed by atoms with Crippen LogP contribution in [0.1, 0.15) is 24.1 Å². The van der Waals surface area contributed by atoms with Crippen molar-refractivity contribution in [1.82, 2.24) is 4.90 Å². The maximum Gasteiger partial charge on any atom is 0.238 e. The van der Waals surface area contributed by atoms with Crippen LogP contribution in [0.15, 0.2) is 36.4 Å². The molecule has 0 radical (unpaired) electrons. The number of benzene rings is 2. The summed E-state index contributed by atoms with van der Waals surface area (Å²) in [5.74, 6) is -2.20. The fourth-order valence-corrected chi connectivity index (χ4v) is 2.47. The highest BCUT2D eigenvalue weighted by Crippen LogP contribution is 2.22. The lowest BCUT2D eigenvalue weighted by molar-refractivity contribution is -0.117. The van der Waals surface area contributed by atoms with Gasteiger partial charge in [-0.15, -0.1) is 0 Å². The van der Waals surface area contributed by atoms with Crippen molar-refractivity contribution in [2.45, 2.75) is 13.0 Å². The van der Waals surface area contributed by atoms with Crippen molar-refractivity contribution >= 4 is 23.2 Å². The molecule has 1 atom stereocenters. The van der Waals surface area contributed by atoms with Gasteiger partial charge < -0.3 is 5.32 Å². The van der Waals surface area contributed by atoms with E-state index < -0.39 is 11.6 Å². The number of nitriles is 1. The molecule has 0 bridgehead atoms. The molecule has 0 fully saturated rings. The molecule has 0 aliphatic heterocycles. The minimum Gasteiger partial charge on any atom is -0.324 e. The van der Waals surface area contributed by atoms with Crippen molar-refractivity contribution in [2.24, 2.45) is 0 Å². The van der Waals surface area contributed by atoms with E-state index >= 15 is 0 Å². The van der Waals surface area contributed by atoms with Gasteiger partial charge in [0.15, 0.2) is 11.6 Å². The third-order valence-electron chi connectivity index (χ3n) is 3.86. The van der Waals surface area contributed by atoms with E-state index in [0.717, 1.165) is 12.1 Å². The van der Waals surface area contributed by atoms with Crippen molar-refractivity contribution in [2.75, 3.05) is 18.9 Å². The summed E-state index contributed by atoms with van der Waals surface area (Å²) < 4.78 is 26.4. The number of nitrogens with one attached hydrogen (secondary N) is 1. The van der Waals surface area contributed by atoms with Crippen LogP contribution >= 0.6 is 11.6 Å². The van der Waals surface area contributed by atoms with Gasteiger partial charge in [-0.05, 0) is 49.9 Å². The van der Waals surface area contributed by atoms with Gasteiger partial charge in [0.1, 0.15) is 6.07 Å². The third kappa shape index (κ3) is 4.75. The summed E-state index contributed by atoms with van der Waals surface area (Å²) >= 11 is 5.88. The summed E-state index contributed by atoms with van der Waals surface area (Å²) in [6.45, 7) is 1.78. The molecule has 0 saturated heterocycles. The molecule has 2 aromatic rings. The van der Waals surface area contributed by atoms with E-state index in [1.807, 2.05) is 6.07 Å². The second-order valence-corrected chi connectivity index (χ2v) is 6.05. The second kappa shape index (κ2) is 8.06. The number of hydrogen-bond donors (Lipinski definition) is 1. The topological polar surface area (TPSA) is 56.1 Å². The molecular weight excluding hydrogens is 348 g/mol. The van der Waals surface area contributed by atoms with Crippen molar-refractivity contribution in [3.8, 4) is 6.07 Å². The fourth-order valence-electron chi connectivity index (χ4n) is 2.30. The number of nitrogens with zero attached hydrogens (tertiary/aromatic N) is 2. The summed E-state index contributed by atoms with van der Waals surface area (Å²) in [5, 5.41) is 12.1. The Hall–Kier alpha value is -2.49. The maximum atomic E-state index is 13.4. The summed E-state index contributed by atoms with van der Waals surface area (Å²) in [6.07, 6.45) is 0. The van der Waals surface area contributed by atoms with E-state index in [1.165, 1.54) is 18.2 Å². The summed E-state index contributed by atoms with van der Waals surface area (Å²) in [7, 11) is 1.69. The molecule has 0 aromatic heterocycles. The first-order valence-corrected chi connectivity index (χ1v) is 7.84. The van der Waals surface area contributed by atoms with E-state index in [9.17, 15) is 13.6 Å². The average molecular weight is 364 g/mol. The minimum absolute atomic E-state index is 0.00244. The molecule has 0 spiro atoms. The van der Waals surface area contributed by atoms with Gasteiger partial charge in [-0.3, -0.25) is 9.69 Å². The molecule has 0 heterocycles. The largest absolute Gasteiger partial charge is 0.324 e. The first-order valence-electron chi connectivity index (χ1n) is 7.46. The number of amides is 1. The molecule has 0 saturated carbocycles. The molecule has 1 amide bonds. The maximum absolute atomic E-state index is 13.4. The highest BCUT2D eigenvalue weighted by molar-refractivity contribution is 6.31. The Morgan fingerprint density at radius 2 is 2.00 bits per heavy atom. The van der Waals surface area contributed by atoms with Crippen molar-refractivity contribution in [3.05, 3.63) is 64.2 Å². The van der Waals surface area contributed by atoms with Gasteiger partial charge >= 0.3 is 0 Å². The zero-order chi connectivity index (χ0) is 18.6. The number of likely N-dealkylation sites (N-methyl/N-ethyl adjacent to an activating group) is 1. The monoisotopic (exact) mass is 363 g/mol. The molecular formula is C18H16ClF2N3O. The molecule has 130 valence electrons. The van der Waals surface area contributed by atoms with E-state index in [2.05, 4.69) is 5.32 Å². The number of carbonyl (C=O) groups is 1. The van der Waals surface area contributed by atoms with Crippen LogP contribution in [-0.2, 0) is 4.79 Å². The Morgan fingerprint density at radius 3 is 2.64 bits per heavy atom. The molecule has 4 nitrogen and oxygen atoms in total. The highest BCUT2D eigenvalue weighted by Gasteiger charge is 2.17. The van der Waals surface area contributed by atoms with Gasteiger partial charge in [-0.2, -0.15) is 5.26 Å². The molecule has 2 aromatic carbocycles. The number of carbonyl (C=O) groups excluding carboxylic acids is 1. The van der Waals surface area contributed by atoms with Crippen molar-refractivity contribution < 1.29 is 13.6 Å². The molecule has 7 heteroatoms. The van der Waals surface area contributed by atoms with Crippen LogP contribution in [-0.4, -0.2) is 24.4 Å². The molecule has 0 aliphatic rings. The lowest BCUT2D eigenvalue weighted by Crippen LogP contribution is -2.32. The number of anilines is 1. The van der Waals surface area contributed by atoms with Crippen LogP contribution in [0.25, 0.3) is 0 Å². The Kier molecular flexibility index (Phi) is 6.07. The Labute approximate surface area is 149 Å². The predicted octanol–water partition coefficient (Wildman–Crippen LogP) is 4.12. The average Bonchev–Trinajstić information content (AvgIpc) is 2.56. The van der Waals surface area contributed by atoms with Crippen LogP contribution in [0.5, 0.6) is 0 Å². The van der Waals surface area contributed by atoms with Crippen LogP contribution in [0.4, 0.5) is 14.5 Å². The van der Waals surface area contributed by atoms with Gasteiger partial charge in [0.05, 0.1) is 17.8 Å². The van der Waals surface area contributed by atoms with Gasteiger partial charge in [-0.1, -0.05) is 17.7 Å². The Morgan fingerprint density at radius 1 is 1.28 bits per heavy atom. The molecule has 1 unspecified atom stereocenters. The Bertz CT molecular complexity index is 836. The summed E-state index contributed by atoms with van der Waals surface area (Å²) in [5.41, 5.74) is 1.18. The van der Waals surface area contributed by atoms with Crippen LogP contribution in [0, 0.1) is 23.0 Å². The van der Waals surface area contributed by atoms with Gasteiger partial charge in [0.2, 0.25) is 5.91 Å². The van der Waals surface area contributed by atoms with Gasteiger partial charge in [-0.25, -0.2) is 8.78 Å². The standard InChI is InChI=1S/C18H16ClF2N3O/c1-11(12-4-6-15(20)16(21)7-12)24(2)10-18(25)23-17-8-14(19)5-3-13(17)9-22/h3-8,11H,10H2,1-2H3,(H,23,25). The fraction of sp³-hybridized carbons (Fsp3) is 0.222. The number of halogens is 3. The number of rotatable bonds is 5. The van der Waals surface area contributed by atoms with Gasteiger partial charge in [0.25, 0.3) is 0 Å².